The van der Waals surface area contributed by atoms with Gasteiger partial charge in [0.2, 0.25) is 0 Å². The molecular weight excluding hydrogens is 552 g/mol. The van der Waals surface area contributed by atoms with Crippen molar-refractivity contribution in [2.45, 2.75) is 0 Å². The second-order valence-corrected chi connectivity index (χ2v) is 10.9. The zero-order chi connectivity index (χ0) is 30.3. The number of hydrogen-bond donors (Lipinski definition) is 2. The van der Waals surface area contributed by atoms with E-state index >= 15 is 0 Å². The van der Waals surface area contributed by atoms with E-state index in [0.717, 1.165) is 61.8 Å². The van der Waals surface area contributed by atoms with Gasteiger partial charge in [-0.3, -0.25) is 4.98 Å². The third kappa shape index (κ3) is 4.31. The summed E-state index contributed by atoms with van der Waals surface area (Å²) in [6, 6.07) is 51.8. The lowest BCUT2D eigenvalue weighted by atomic mass is 10.1. The summed E-state index contributed by atoms with van der Waals surface area (Å²) in [6.45, 7) is 0. The number of pyridine rings is 1. The summed E-state index contributed by atoms with van der Waals surface area (Å²) in [5.41, 5.74) is 24.7. The van der Waals surface area contributed by atoms with Crippen LogP contribution in [0.2, 0.25) is 0 Å². The SMILES string of the molecule is Nc1c(-c2c(N)c3ncccc3n2-c2ccccc2)n(-c2cccc(N(c3ccccc3)c3ccccc3)c2)c2ccccc12. The van der Waals surface area contributed by atoms with Crippen LogP contribution in [0.4, 0.5) is 28.4 Å². The number of nitrogen functional groups attached to an aromatic ring is 2. The molecule has 0 radical (unpaired) electrons. The van der Waals surface area contributed by atoms with Crippen molar-refractivity contribution in [1.82, 2.24) is 14.1 Å². The molecule has 4 N–H and O–H groups in total. The van der Waals surface area contributed by atoms with Gasteiger partial charge in [0.15, 0.2) is 0 Å². The van der Waals surface area contributed by atoms with Crippen molar-refractivity contribution in [2.75, 3.05) is 16.4 Å². The lowest BCUT2D eigenvalue weighted by molar-refractivity contribution is 1.07. The van der Waals surface area contributed by atoms with Crippen LogP contribution in [-0.2, 0) is 0 Å². The Balaban J connectivity index is 1.43. The van der Waals surface area contributed by atoms with Crippen LogP contribution in [0, 0.1) is 0 Å². The molecule has 0 atom stereocenters. The highest BCUT2D eigenvalue weighted by molar-refractivity contribution is 6.08. The molecule has 0 bridgehead atoms. The van der Waals surface area contributed by atoms with Crippen LogP contribution in [0.1, 0.15) is 0 Å². The fraction of sp³-hybridized carbons (Fsp3) is 0. The van der Waals surface area contributed by atoms with E-state index in [9.17, 15) is 0 Å². The van der Waals surface area contributed by atoms with Crippen molar-refractivity contribution >= 4 is 50.4 Å². The molecule has 8 aromatic rings. The van der Waals surface area contributed by atoms with E-state index < -0.39 is 0 Å². The van der Waals surface area contributed by atoms with Gasteiger partial charge in [-0.05, 0) is 72.8 Å². The van der Waals surface area contributed by atoms with Gasteiger partial charge in [-0.1, -0.05) is 78.9 Å². The quantitative estimate of drug-likeness (QED) is 0.205. The Morgan fingerprint density at radius 1 is 0.467 bits per heavy atom. The number of hydrogen-bond acceptors (Lipinski definition) is 4. The molecule has 0 aliphatic carbocycles. The smallest absolute Gasteiger partial charge is 0.112 e. The van der Waals surface area contributed by atoms with Gasteiger partial charge in [0, 0.05) is 40.0 Å². The van der Waals surface area contributed by atoms with Gasteiger partial charge in [-0.15, -0.1) is 0 Å². The maximum Gasteiger partial charge on any atom is 0.112 e. The van der Waals surface area contributed by atoms with Crippen LogP contribution in [0.15, 0.2) is 158 Å². The van der Waals surface area contributed by atoms with Gasteiger partial charge in [-0.2, -0.15) is 0 Å². The molecule has 0 amide bonds. The van der Waals surface area contributed by atoms with Crippen molar-refractivity contribution in [3.63, 3.8) is 0 Å². The lowest BCUT2D eigenvalue weighted by Gasteiger charge is -2.26. The van der Waals surface area contributed by atoms with Crippen LogP contribution < -0.4 is 16.4 Å². The zero-order valence-electron chi connectivity index (χ0n) is 24.5. The average molecular weight is 583 g/mol. The molecule has 0 aliphatic rings. The minimum atomic E-state index is 0.580. The summed E-state index contributed by atoms with van der Waals surface area (Å²) >= 11 is 0. The topological polar surface area (TPSA) is 78.0 Å². The number of nitrogens with zero attached hydrogens (tertiary/aromatic N) is 4. The summed E-state index contributed by atoms with van der Waals surface area (Å²) in [4.78, 5) is 6.96. The highest BCUT2D eigenvalue weighted by Gasteiger charge is 2.27. The standard InChI is InChI=1S/C39H30N6/c40-35-32-22-10-11-23-33(32)45(38(35)39-36(41)37-34(24-13-25-42-37)44(39)29-18-8-3-9-19-29)31-21-12-20-30(26-31)43(27-14-4-1-5-15-27)28-16-6-2-7-17-28/h1-26H,40-41H2. The molecule has 45 heavy (non-hydrogen) atoms. The highest BCUT2D eigenvalue weighted by atomic mass is 15.1. The number of fused-ring (bicyclic) bond motifs is 2. The van der Waals surface area contributed by atoms with E-state index in [-0.39, 0.29) is 0 Å². The molecule has 3 heterocycles. The molecule has 3 aromatic heterocycles. The summed E-state index contributed by atoms with van der Waals surface area (Å²) in [7, 11) is 0. The molecule has 0 aliphatic heterocycles. The molecule has 6 nitrogen and oxygen atoms in total. The van der Waals surface area contributed by atoms with Gasteiger partial charge in [0.25, 0.3) is 0 Å². The van der Waals surface area contributed by atoms with E-state index in [4.69, 9.17) is 16.5 Å². The molecule has 0 spiro atoms. The first-order valence-electron chi connectivity index (χ1n) is 14.9. The fourth-order valence-corrected chi connectivity index (χ4v) is 6.36. The van der Waals surface area contributed by atoms with Crippen molar-refractivity contribution in [1.29, 1.82) is 0 Å². The third-order valence-corrected chi connectivity index (χ3v) is 8.29. The molecule has 0 saturated heterocycles. The number of aromatic nitrogens is 3. The van der Waals surface area contributed by atoms with Crippen LogP contribution >= 0.6 is 0 Å². The summed E-state index contributed by atoms with van der Waals surface area (Å²) < 4.78 is 4.40. The Morgan fingerprint density at radius 3 is 1.71 bits per heavy atom. The Hall–Kier alpha value is -6.27. The van der Waals surface area contributed by atoms with Gasteiger partial charge in [0.05, 0.1) is 33.8 Å². The second kappa shape index (κ2) is 10.8. The van der Waals surface area contributed by atoms with Crippen LogP contribution in [0.3, 0.4) is 0 Å². The van der Waals surface area contributed by atoms with Crippen molar-refractivity contribution < 1.29 is 0 Å². The number of benzene rings is 5. The Bertz CT molecular complexity index is 2250. The summed E-state index contributed by atoms with van der Waals surface area (Å²) in [5, 5.41) is 0.957. The van der Waals surface area contributed by atoms with E-state index in [1.54, 1.807) is 6.20 Å². The first kappa shape index (κ1) is 26.4. The summed E-state index contributed by atoms with van der Waals surface area (Å²) in [5.74, 6) is 0. The van der Waals surface area contributed by atoms with E-state index in [1.165, 1.54) is 0 Å². The van der Waals surface area contributed by atoms with Crippen molar-refractivity contribution in [3.8, 4) is 22.8 Å². The minimum absolute atomic E-state index is 0.580. The van der Waals surface area contributed by atoms with E-state index in [2.05, 4.69) is 117 Å². The molecule has 5 aromatic carbocycles. The molecular formula is C39H30N6. The summed E-state index contributed by atoms with van der Waals surface area (Å²) in [6.07, 6.45) is 1.78. The first-order chi connectivity index (χ1) is 22.2. The number of rotatable bonds is 6. The van der Waals surface area contributed by atoms with Gasteiger partial charge >= 0.3 is 0 Å². The van der Waals surface area contributed by atoms with Gasteiger partial charge in [-0.25, -0.2) is 0 Å². The normalized spacial score (nSPS) is 11.3. The maximum absolute atomic E-state index is 7.11. The second-order valence-electron chi connectivity index (χ2n) is 10.9. The fourth-order valence-electron chi connectivity index (χ4n) is 6.36. The highest BCUT2D eigenvalue weighted by Crippen LogP contribution is 2.45. The Labute approximate surface area is 261 Å². The average Bonchev–Trinajstić information content (AvgIpc) is 3.56. The van der Waals surface area contributed by atoms with E-state index in [1.807, 2.05) is 48.5 Å². The minimum Gasteiger partial charge on any atom is -0.396 e. The monoisotopic (exact) mass is 582 g/mol. The lowest BCUT2D eigenvalue weighted by Crippen LogP contribution is -2.10. The van der Waals surface area contributed by atoms with Crippen LogP contribution in [-0.4, -0.2) is 14.1 Å². The number of para-hydroxylation sites is 4. The van der Waals surface area contributed by atoms with Gasteiger partial charge < -0.3 is 25.5 Å². The Morgan fingerprint density at radius 2 is 1.00 bits per heavy atom. The number of nitrogens with two attached hydrogens (primary N) is 2. The molecule has 0 saturated carbocycles. The number of anilines is 5. The third-order valence-electron chi connectivity index (χ3n) is 8.29. The van der Waals surface area contributed by atoms with Crippen LogP contribution in [0.25, 0.3) is 44.7 Å². The largest absolute Gasteiger partial charge is 0.396 e. The zero-order valence-corrected chi connectivity index (χ0v) is 24.5. The van der Waals surface area contributed by atoms with Crippen molar-refractivity contribution in [3.05, 3.63) is 158 Å². The molecule has 0 fully saturated rings. The Kier molecular flexibility index (Phi) is 6.31. The maximum atomic E-state index is 7.11. The molecule has 8 rings (SSSR count). The van der Waals surface area contributed by atoms with Crippen LogP contribution in [0.5, 0.6) is 0 Å². The van der Waals surface area contributed by atoms with Crippen molar-refractivity contribution in [2.24, 2.45) is 0 Å². The molecule has 6 heteroatoms. The van der Waals surface area contributed by atoms with E-state index in [0.29, 0.717) is 11.4 Å². The predicted octanol–water partition coefficient (Wildman–Crippen LogP) is 9.27. The predicted molar refractivity (Wildman–Crippen MR) is 187 cm³/mol. The molecule has 0 unspecified atom stereocenters. The molecule has 216 valence electrons. The van der Waals surface area contributed by atoms with Gasteiger partial charge in [0.1, 0.15) is 5.52 Å². The first-order valence-corrected chi connectivity index (χ1v) is 14.9.